The van der Waals surface area contributed by atoms with Gasteiger partial charge in [0, 0.05) is 0 Å². The van der Waals surface area contributed by atoms with Crippen molar-refractivity contribution in [3.63, 3.8) is 0 Å². The van der Waals surface area contributed by atoms with E-state index >= 15 is 0 Å². The lowest BCUT2D eigenvalue weighted by atomic mass is 10.2. The molecule has 4 N–H and O–H groups in total. The zero-order valence-electron chi connectivity index (χ0n) is 8.68. The molecule has 0 aromatic heterocycles. The van der Waals surface area contributed by atoms with Gasteiger partial charge in [0.25, 0.3) is 0 Å². The van der Waals surface area contributed by atoms with Gasteiger partial charge in [0.05, 0.1) is 0 Å². The van der Waals surface area contributed by atoms with Crippen molar-refractivity contribution in [2.24, 2.45) is 5.73 Å². The first-order valence-electron chi connectivity index (χ1n) is 4.81. The maximum atomic E-state index is 10.7. The molecule has 0 aliphatic rings. The molecule has 2 atom stereocenters. The van der Waals surface area contributed by atoms with E-state index in [4.69, 9.17) is 15.9 Å². The summed E-state index contributed by atoms with van der Waals surface area (Å²) in [7, 11) is 0. The number of carboxylic acids is 2. The van der Waals surface area contributed by atoms with E-state index in [-0.39, 0.29) is 0 Å². The van der Waals surface area contributed by atoms with E-state index in [0.29, 0.717) is 18.6 Å². The van der Waals surface area contributed by atoms with Crippen LogP contribution in [-0.2, 0) is 9.59 Å². The largest absolute Gasteiger partial charge is 0.480 e. The Bertz CT molecular complexity index is 222. The molecule has 0 saturated carbocycles. The molecule has 1 unspecified atom stereocenters. The molecule has 6 heteroatoms. The molecule has 0 bridgehead atoms. The number of hydrogen-bond acceptors (Lipinski definition) is 4. The third-order valence-electron chi connectivity index (χ3n) is 1.89. The van der Waals surface area contributed by atoms with Crippen molar-refractivity contribution in [1.29, 1.82) is 0 Å². The molecule has 0 aliphatic carbocycles. The van der Waals surface area contributed by atoms with Crippen molar-refractivity contribution >= 4 is 23.7 Å². The Morgan fingerprint density at radius 2 is 1.87 bits per heavy atom. The van der Waals surface area contributed by atoms with E-state index in [1.165, 1.54) is 11.8 Å². The summed E-state index contributed by atoms with van der Waals surface area (Å²) in [6.07, 6.45) is 1.70. The molecule has 5 nitrogen and oxygen atoms in total. The van der Waals surface area contributed by atoms with Crippen LogP contribution in [0, 0.1) is 0 Å². The van der Waals surface area contributed by atoms with E-state index in [2.05, 4.69) is 0 Å². The van der Waals surface area contributed by atoms with Crippen molar-refractivity contribution in [3.05, 3.63) is 0 Å². The van der Waals surface area contributed by atoms with Crippen LogP contribution in [0.25, 0.3) is 0 Å². The molecule has 0 fully saturated rings. The second-order valence-corrected chi connectivity index (χ2v) is 4.53. The lowest BCUT2D eigenvalue weighted by Gasteiger charge is -2.11. The summed E-state index contributed by atoms with van der Waals surface area (Å²) in [6.45, 7) is 1.92. The van der Waals surface area contributed by atoms with Crippen LogP contribution >= 0.6 is 11.8 Å². The van der Waals surface area contributed by atoms with Gasteiger partial charge in [-0.25, -0.2) is 0 Å². The fourth-order valence-corrected chi connectivity index (χ4v) is 2.22. The molecule has 15 heavy (non-hydrogen) atoms. The number of carbonyl (C=O) groups is 2. The lowest BCUT2D eigenvalue weighted by Crippen LogP contribution is -2.31. The van der Waals surface area contributed by atoms with Crippen molar-refractivity contribution in [2.75, 3.05) is 5.75 Å². The molecule has 0 rings (SSSR count). The molecule has 0 spiro atoms. The zero-order valence-corrected chi connectivity index (χ0v) is 9.50. The predicted octanol–water partition coefficient (Wildman–Crippen LogP) is 0.775. The summed E-state index contributed by atoms with van der Waals surface area (Å²) in [4.78, 5) is 21.1. The van der Waals surface area contributed by atoms with Gasteiger partial charge in [0.15, 0.2) is 0 Å². The summed E-state index contributed by atoms with van der Waals surface area (Å²) in [5.41, 5.74) is 5.29. The molecule has 0 amide bonds. The van der Waals surface area contributed by atoms with Gasteiger partial charge in [-0.2, -0.15) is 0 Å². The second kappa shape index (κ2) is 7.53. The van der Waals surface area contributed by atoms with Crippen molar-refractivity contribution in [3.8, 4) is 0 Å². The first-order valence-corrected chi connectivity index (χ1v) is 5.86. The molecule has 0 saturated heterocycles. The van der Waals surface area contributed by atoms with Gasteiger partial charge >= 0.3 is 11.9 Å². The second-order valence-electron chi connectivity index (χ2n) is 3.22. The molecule has 0 aliphatic heterocycles. The molecular weight excluding hydrogens is 218 g/mol. The van der Waals surface area contributed by atoms with Crippen molar-refractivity contribution < 1.29 is 19.8 Å². The maximum Gasteiger partial charge on any atom is 0.320 e. The number of hydrogen-bond donors (Lipinski definition) is 3. The van der Waals surface area contributed by atoms with Gasteiger partial charge in [-0.05, 0) is 18.6 Å². The molecule has 88 valence electrons. The number of carboxylic acid groups (broad SMARTS) is 2. The Morgan fingerprint density at radius 3 is 2.27 bits per heavy atom. The van der Waals surface area contributed by atoms with Crippen molar-refractivity contribution in [1.82, 2.24) is 0 Å². The van der Waals surface area contributed by atoms with Gasteiger partial charge < -0.3 is 15.9 Å². The normalized spacial score (nSPS) is 14.5. The summed E-state index contributed by atoms with van der Waals surface area (Å²) in [6, 6.07) is -0.895. The first-order chi connectivity index (χ1) is 6.99. The van der Waals surface area contributed by atoms with E-state index in [0.717, 1.165) is 6.42 Å². The average molecular weight is 235 g/mol. The van der Waals surface area contributed by atoms with Gasteiger partial charge in [0.1, 0.15) is 11.3 Å². The Balaban J connectivity index is 3.80. The monoisotopic (exact) mass is 235 g/mol. The van der Waals surface area contributed by atoms with Crippen LogP contribution in [0.1, 0.15) is 26.2 Å². The van der Waals surface area contributed by atoms with Gasteiger partial charge in [-0.3, -0.25) is 9.59 Å². The smallest absolute Gasteiger partial charge is 0.320 e. The summed E-state index contributed by atoms with van der Waals surface area (Å²) >= 11 is 1.26. The predicted molar refractivity (Wildman–Crippen MR) is 59.0 cm³/mol. The lowest BCUT2D eigenvalue weighted by molar-refractivity contribution is -0.138. The standard InChI is InChI=1S/C9H17NO4S/c1-2-3-7(9(13)14)15-5-4-6(10)8(11)12/h6-7H,2-5,10H2,1H3,(H,11,12)(H,13,14)/t6-,7?/m0/s1. The molecule has 0 aromatic rings. The number of nitrogens with two attached hydrogens (primary N) is 1. The van der Waals surface area contributed by atoms with Gasteiger partial charge in [0.2, 0.25) is 0 Å². The summed E-state index contributed by atoms with van der Waals surface area (Å²) < 4.78 is 0. The summed E-state index contributed by atoms with van der Waals surface area (Å²) in [5.74, 6) is -1.42. The number of rotatable bonds is 8. The summed E-state index contributed by atoms with van der Waals surface area (Å²) in [5, 5.41) is 16.9. The highest BCUT2D eigenvalue weighted by Crippen LogP contribution is 2.18. The van der Waals surface area contributed by atoms with E-state index in [9.17, 15) is 9.59 Å². The SMILES string of the molecule is CCCC(SCC[C@H](N)C(=O)O)C(=O)O. The Morgan fingerprint density at radius 1 is 1.27 bits per heavy atom. The molecular formula is C9H17NO4S. The highest BCUT2D eigenvalue weighted by molar-refractivity contribution is 8.00. The van der Waals surface area contributed by atoms with Crippen LogP contribution in [-0.4, -0.2) is 39.2 Å². The Kier molecular flexibility index (Phi) is 7.15. The zero-order chi connectivity index (χ0) is 11.8. The van der Waals surface area contributed by atoms with Crippen LogP contribution < -0.4 is 5.73 Å². The fourth-order valence-electron chi connectivity index (χ4n) is 1.00. The van der Waals surface area contributed by atoms with Gasteiger partial charge in [-0.1, -0.05) is 13.3 Å². The topological polar surface area (TPSA) is 101 Å². The molecule has 0 aromatic carbocycles. The molecule has 0 radical (unpaired) electrons. The maximum absolute atomic E-state index is 10.7. The third-order valence-corrected chi connectivity index (χ3v) is 3.20. The quantitative estimate of drug-likeness (QED) is 0.574. The van der Waals surface area contributed by atoms with Crippen LogP contribution in [0.5, 0.6) is 0 Å². The number of aliphatic carboxylic acids is 2. The van der Waals surface area contributed by atoms with Crippen LogP contribution in [0.4, 0.5) is 0 Å². The minimum atomic E-state index is -1.04. The highest BCUT2D eigenvalue weighted by atomic mass is 32.2. The Labute approximate surface area is 93.0 Å². The minimum Gasteiger partial charge on any atom is -0.480 e. The van der Waals surface area contributed by atoms with Crippen LogP contribution in [0.15, 0.2) is 0 Å². The van der Waals surface area contributed by atoms with Crippen molar-refractivity contribution in [2.45, 2.75) is 37.5 Å². The Hall–Kier alpha value is -0.750. The fraction of sp³-hybridized carbons (Fsp3) is 0.778. The van der Waals surface area contributed by atoms with Crippen LogP contribution in [0.3, 0.4) is 0 Å². The van der Waals surface area contributed by atoms with E-state index in [1.54, 1.807) is 0 Å². The third kappa shape index (κ3) is 6.35. The van der Waals surface area contributed by atoms with Gasteiger partial charge in [-0.15, -0.1) is 11.8 Å². The van der Waals surface area contributed by atoms with E-state index in [1.807, 2.05) is 6.92 Å². The van der Waals surface area contributed by atoms with E-state index < -0.39 is 23.2 Å². The van der Waals surface area contributed by atoms with Crippen LogP contribution in [0.2, 0.25) is 0 Å². The minimum absolute atomic E-state index is 0.299. The molecule has 0 heterocycles. The first kappa shape index (κ1) is 14.2. The number of thioether (sulfide) groups is 1. The highest BCUT2D eigenvalue weighted by Gasteiger charge is 2.18. The average Bonchev–Trinajstić information content (AvgIpc) is 2.15.